The molecule has 0 amide bonds. The molecule has 1 rings (SSSR count). The van der Waals surface area contributed by atoms with Gasteiger partial charge in [0.1, 0.15) is 0 Å². The molecular formula is C12H22BBrO2. The van der Waals surface area contributed by atoms with Gasteiger partial charge in [-0.3, -0.25) is 0 Å². The number of rotatable bonds is 4. The van der Waals surface area contributed by atoms with Crippen LogP contribution in [0.4, 0.5) is 0 Å². The summed E-state index contributed by atoms with van der Waals surface area (Å²) in [6.45, 7) is 10.5. The molecule has 0 spiro atoms. The molecular weight excluding hydrogens is 267 g/mol. The summed E-state index contributed by atoms with van der Waals surface area (Å²) < 4.78 is 12.9. The molecule has 0 bridgehead atoms. The van der Waals surface area contributed by atoms with Gasteiger partial charge in [0, 0.05) is 0 Å². The predicted octanol–water partition coefficient (Wildman–Crippen LogP) is 4.09. The Kier molecular flexibility index (Phi) is 4.67. The van der Waals surface area contributed by atoms with Crippen LogP contribution in [-0.2, 0) is 9.31 Å². The summed E-state index contributed by atoms with van der Waals surface area (Å²) >= 11 is 3.57. The highest BCUT2D eigenvalue weighted by molar-refractivity contribution is 9.11. The third kappa shape index (κ3) is 3.35. The second-order valence-electron chi connectivity index (χ2n) is 5.34. The Hall–Kier alpha value is 0.205. The average Bonchev–Trinajstić information content (AvgIpc) is 2.31. The first-order valence-corrected chi connectivity index (χ1v) is 6.79. The molecule has 2 nitrogen and oxygen atoms in total. The lowest BCUT2D eigenvalue weighted by Gasteiger charge is -2.32. The lowest BCUT2D eigenvalue weighted by molar-refractivity contribution is 0.00578. The zero-order valence-corrected chi connectivity index (χ0v) is 12.6. The first-order valence-electron chi connectivity index (χ1n) is 6.00. The average molecular weight is 289 g/mol. The topological polar surface area (TPSA) is 18.5 Å². The van der Waals surface area contributed by atoms with Crippen LogP contribution in [0.15, 0.2) is 10.5 Å². The lowest BCUT2D eigenvalue weighted by atomic mass is 9.89. The summed E-state index contributed by atoms with van der Waals surface area (Å²) in [5.41, 5.74) is -0.488. The molecule has 4 heteroatoms. The van der Waals surface area contributed by atoms with Gasteiger partial charge < -0.3 is 9.31 Å². The van der Waals surface area contributed by atoms with Crippen LogP contribution in [0.2, 0.25) is 0 Å². The van der Waals surface area contributed by atoms with Crippen LogP contribution in [0.3, 0.4) is 0 Å². The molecule has 0 unspecified atom stereocenters. The number of unbranched alkanes of at least 4 members (excludes halogenated alkanes) is 1. The maximum atomic E-state index is 5.89. The van der Waals surface area contributed by atoms with Crippen molar-refractivity contribution in [3.05, 3.63) is 10.5 Å². The molecule has 1 saturated heterocycles. The van der Waals surface area contributed by atoms with E-state index in [1.807, 2.05) is 5.98 Å². The van der Waals surface area contributed by atoms with Crippen molar-refractivity contribution in [1.82, 2.24) is 0 Å². The van der Waals surface area contributed by atoms with Crippen molar-refractivity contribution >= 4 is 23.0 Å². The van der Waals surface area contributed by atoms with E-state index in [-0.39, 0.29) is 18.3 Å². The molecule has 1 aliphatic rings. The highest BCUT2D eigenvalue weighted by Crippen LogP contribution is 2.37. The Morgan fingerprint density at radius 1 is 1.19 bits per heavy atom. The molecule has 0 aromatic rings. The van der Waals surface area contributed by atoms with Crippen LogP contribution in [0.5, 0.6) is 0 Å². The highest BCUT2D eigenvalue weighted by Gasteiger charge is 2.50. The molecule has 0 atom stereocenters. The minimum atomic E-state index is -0.244. The van der Waals surface area contributed by atoms with E-state index in [1.54, 1.807) is 0 Å². The molecule has 0 radical (unpaired) electrons. The number of halogens is 1. The van der Waals surface area contributed by atoms with Gasteiger partial charge in [0.2, 0.25) is 0 Å². The Labute approximate surface area is 108 Å². The van der Waals surface area contributed by atoms with Crippen molar-refractivity contribution in [2.24, 2.45) is 0 Å². The number of hydrogen-bond acceptors (Lipinski definition) is 2. The van der Waals surface area contributed by atoms with Crippen LogP contribution >= 0.6 is 15.9 Å². The molecule has 0 saturated carbocycles. The van der Waals surface area contributed by atoms with Crippen LogP contribution in [0, 0.1) is 0 Å². The maximum absolute atomic E-state index is 5.89. The smallest absolute Gasteiger partial charge is 0.400 e. The fourth-order valence-corrected chi connectivity index (χ4v) is 2.03. The van der Waals surface area contributed by atoms with E-state index in [9.17, 15) is 0 Å². The maximum Gasteiger partial charge on any atom is 0.487 e. The Morgan fingerprint density at radius 2 is 1.69 bits per heavy atom. The van der Waals surface area contributed by atoms with Crippen LogP contribution in [-0.4, -0.2) is 18.3 Å². The largest absolute Gasteiger partial charge is 0.487 e. The molecule has 0 aromatic heterocycles. The molecule has 1 fully saturated rings. The second kappa shape index (κ2) is 5.24. The van der Waals surface area contributed by atoms with Gasteiger partial charge in [-0.15, -0.1) is 0 Å². The Morgan fingerprint density at radius 3 is 2.12 bits per heavy atom. The van der Waals surface area contributed by atoms with Crippen LogP contribution in [0.1, 0.15) is 53.9 Å². The second-order valence-corrected chi connectivity index (χ2v) is 6.36. The van der Waals surface area contributed by atoms with Gasteiger partial charge in [-0.25, -0.2) is 0 Å². The third-order valence-electron chi connectivity index (χ3n) is 3.36. The van der Waals surface area contributed by atoms with Crippen LogP contribution < -0.4 is 0 Å². The Bertz CT molecular complexity index is 258. The monoisotopic (exact) mass is 288 g/mol. The summed E-state index contributed by atoms with van der Waals surface area (Å²) in [6.07, 6.45) is 3.45. The molecule has 16 heavy (non-hydrogen) atoms. The standard InChI is InChI=1S/C12H22BBrO2/c1-6-7-8-10(14)9-13-15-11(2,3)12(4,5)16-13/h9H,6-8H2,1-5H3. The number of hydrogen-bond donors (Lipinski definition) is 0. The van der Waals surface area contributed by atoms with Crippen molar-refractivity contribution in [3.63, 3.8) is 0 Å². The normalized spacial score (nSPS) is 23.9. The van der Waals surface area contributed by atoms with Crippen molar-refractivity contribution in [1.29, 1.82) is 0 Å². The molecule has 0 aromatic carbocycles. The molecule has 1 aliphatic heterocycles. The third-order valence-corrected chi connectivity index (χ3v) is 4.02. The first kappa shape index (κ1) is 14.3. The summed E-state index contributed by atoms with van der Waals surface area (Å²) in [4.78, 5) is 0. The summed E-state index contributed by atoms with van der Waals surface area (Å²) in [6, 6.07) is 0. The van der Waals surface area contributed by atoms with Gasteiger partial charge in [-0.05, 0) is 51.0 Å². The van der Waals surface area contributed by atoms with Gasteiger partial charge in [-0.2, -0.15) is 0 Å². The SMILES string of the molecule is CCCCC(Br)=CB1OC(C)(C)C(C)(C)O1. The van der Waals surface area contributed by atoms with Gasteiger partial charge >= 0.3 is 7.12 Å². The van der Waals surface area contributed by atoms with E-state index >= 15 is 0 Å². The van der Waals surface area contributed by atoms with E-state index in [4.69, 9.17) is 9.31 Å². The van der Waals surface area contributed by atoms with E-state index in [1.165, 1.54) is 17.3 Å². The van der Waals surface area contributed by atoms with E-state index < -0.39 is 0 Å². The van der Waals surface area contributed by atoms with Crippen molar-refractivity contribution < 1.29 is 9.31 Å². The van der Waals surface area contributed by atoms with Crippen molar-refractivity contribution in [2.45, 2.75) is 65.1 Å². The zero-order valence-electron chi connectivity index (χ0n) is 11.0. The minimum Gasteiger partial charge on any atom is -0.400 e. The zero-order chi connectivity index (χ0) is 12.4. The lowest BCUT2D eigenvalue weighted by Crippen LogP contribution is -2.41. The minimum absolute atomic E-state index is 0.226. The van der Waals surface area contributed by atoms with E-state index in [0.29, 0.717) is 0 Å². The molecule has 92 valence electrons. The molecule has 1 heterocycles. The van der Waals surface area contributed by atoms with Crippen molar-refractivity contribution in [3.8, 4) is 0 Å². The summed E-state index contributed by atoms with van der Waals surface area (Å²) in [5, 5.41) is 0. The predicted molar refractivity (Wildman–Crippen MR) is 72.6 cm³/mol. The van der Waals surface area contributed by atoms with Crippen molar-refractivity contribution in [2.75, 3.05) is 0 Å². The van der Waals surface area contributed by atoms with Gasteiger partial charge in [-0.1, -0.05) is 29.3 Å². The van der Waals surface area contributed by atoms with Gasteiger partial charge in [0.25, 0.3) is 0 Å². The fourth-order valence-electron chi connectivity index (χ4n) is 1.53. The van der Waals surface area contributed by atoms with Crippen LogP contribution in [0.25, 0.3) is 0 Å². The van der Waals surface area contributed by atoms with Gasteiger partial charge in [0.15, 0.2) is 0 Å². The van der Waals surface area contributed by atoms with E-state index in [0.717, 1.165) is 6.42 Å². The summed E-state index contributed by atoms with van der Waals surface area (Å²) in [5.74, 6) is 2.03. The highest BCUT2D eigenvalue weighted by atomic mass is 79.9. The first-order chi connectivity index (χ1) is 7.28. The number of allylic oxidation sites excluding steroid dienone is 1. The fraction of sp³-hybridized carbons (Fsp3) is 0.833. The van der Waals surface area contributed by atoms with E-state index in [2.05, 4.69) is 50.5 Å². The molecule has 0 N–H and O–H groups in total. The van der Waals surface area contributed by atoms with Gasteiger partial charge in [0.05, 0.1) is 11.2 Å². The summed E-state index contributed by atoms with van der Waals surface area (Å²) in [7, 11) is -0.226. The molecule has 0 aliphatic carbocycles. The Balaban J connectivity index is 2.59. The quantitative estimate of drug-likeness (QED) is 0.726.